The third-order valence-corrected chi connectivity index (χ3v) is 6.85. The van der Waals surface area contributed by atoms with E-state index in [0.717, 1.165) is 4.47 Å². The van der Waals surface area contributed by atoms with Gasteiger partial charge in [0.25, 0.3) is 10.0 Å². The lowest BCUT2D eigenvalue weighted by Gasteiger charge is -2.38. The highest BCUT2D eigenvalue weighted by atomic mass is 79.9. The average molecular weight is 424 g/mol. The van der Waals surface area contributed by atoms with Crippen LogP contribution in [0.5, 0.6) is 0 Å². The van der Waals surface area contributed by atoms with Gasteiger partial charge in [-0.25, -0.2) is 8.42 Å². The van der Waals surface area contributed by atoms with E-state index in [2.05, 4.69) is 15.9 Å². The first-order valence-corrected chi connectivity index (χ1v) is 10.1. The van der Waals surface area contributed by atoms with Crippen LogP contribution in [0.2, 0.25) is 0 Å². The molecular formula is C18H18BrNO4S. The van der Waals surface area contributed by atoms with Gasteiger partial charge in [0, 0.05) is 10.5 Å². The van der Waals surface area contributed by atoms with Crippen LogP contribution in [-0.2, 0) is 19.6 Å². The zero-order valence-corrected chi connectivity index (χ0v) is 16.2. The van der Waals surface area contributed by atoms with Gasteiger partial charge in [0.15, 0.2) is 0 Å². The predicted molar refractivity (Wildman–Crippen MR) is 99.1 cm³/mol. The summed E-state index contributed by atoms with van der Waals surface area (Å²) in [5.74, 6) is -0.812. The molecule has 25 heavy (non-hydrogen) atoms. The van der Waals surface area contributed by atoms with Crippen molar-refractivity contribution in [3.05, 3.63) is 58.6 Å². The molecule has 2 atom stereocenters. The lowest BCUT2D eigenvalue weighted by atomic mass is 9.87. The first-order chi connectivity index (χ1) is 11.9. The summed E-state index contributed by atoms with van der Waals surface area (Å²) in [6.45, 7) is 1.81. The Morgan fingerprint density at radius 1 is 1.16 bits per heavy atom. The van der Waals surface area contributed by atoms with Gasteiger partial charge in [0.1, 0.15) is 0 Å². The molecule has 2 aromatic carbocycles. The fraction of sp³-hybridized carbons (Fsp3) is 0.278. The highest BCUT2D eigenvalue weighted by Gasteiger charge is 2.40. The van der Waals surface area contributed by atoms with Gasteiger partial charge >= 0.3 is 5.97 Å². The van der Waals surface area contributed by atoms with Gasteiger partial charge in [0.05, 0.1) is 23.6 Å². The van der Waals surface area contributed by atoms with Crippen LogP contribution in [-0.4, -0.2) is 27.5 Å². The Kier molecular flexibility index (Phi) is 4.88. The van der Waals surface area contributed by atoms with E-state index in [1.165, 1.54) is 11.4 Å². The number of hydrogen-bond donors (Lipinski definition) is 0. The van der Waals surface area contributed by atoms with E-state index in [-0.39, 0.29) is 16.9 Å². The van der Waals surface area contributed by atoms with E-state index in [4.69, 9.17) is 4.74 Å². The number of hydrogen-bond acceptors (Lipinski definition) is 4. The first-order valence-electron chi connectivity index (χ1n) is 7.83. The number of benzene rings is 2. The Labute approximate surface area is 155 Å². The van der Waals surface area contributed by atoms with Gasteiger partial charge < -0.3 is 4.74 Å². The zero-order chi connectivity index (χ0) is 18.2. The maximum Gasteiger partial charge on any atom is 0.313 e. The van der Waals surface area contributed by atoms with E-state index in [1.807, 2.05) is 6.92 Å². The largest absolute Gasteiger partial charge is 0.469 e. The Hall–Kier alpha value is -1.86. The summed E-state index contributed by atoms with van der Waals surface area (Å²) in [6.07, 6.45) is 0.374. The van der Waals surface area contributed by atoms with Crippen molar-refractivity contribution >= 4 is 37.6 Å². The molecule has 0 saturated carbocycles. The number of para-hydroxylation sites is 1. The predicted octanol–water partition coefficient (Wildman–Crippen LogP) is 3.69. The first kappa shape index (κ1) is 17.9. The summed E-state index contributed by atoms with van der Waals surface area (Å²) in [6, 6.07) is 13.3. The molecule has 0 aliphatic carbocycles. The van der Waals surface area contributed by atoms with E-state index in [0.29, 0.717) is 17.7 Å². The number of carbonyl (C=O) groups is 1. The summed E-state index contributed by atoms with van der Waals surface area (Å²) >= 11 is 3.32. The molecule has 0 saturated heterocycles. The fourth-order valence-corrected chi connectivity index (χ4v) is 5.19. The highest BCUT2D eigenvalue weighted by Crippen LogP contribution is 2.41. The third kappa shape index (κ3) is 3.18. The molecule has 132 valence electrons. The molecule has 0 fully saturated rings. The smallest absolute Gasteiger partial charge is 0.313 e. The molecule has 0 radical (unpaired) electrons. The Morgan fingerprint density at radius 2 is 1.80 bits per heavy atom. The molecule has 1 heterocycles. The molecule has 2 unspecified atom stereocenters. The van der Waals surface area contributed by atoms with Gasteiger partial charge in [-0.3, -0.25) is 9.10 Å². The van der Waals surface area contributed by atoms with Crippen LogP contribution in [0, 0.1) is 0 Å². The number of nitrogens with zero attached hydrogens (tertiary/aromatic N) is 1. The molecule has 1 aliphatic heterocycles. The maximum atomic E-state index is 13.2. The summed E-state index contributed by atoms with van der Waals surface area (Å²) < 4.78 is 33.5. The van der Waals surface area contributed by atoms with Crippen LogP contribution in [0.4, 0.5) is 5.69 Å². The minimum absolute atomic E-state index is 0.217. The van der Waals surface area contributed by atoms with Crippen LogP contribution in [0.1, 0.15) is 24.8 Å². The van der Waals surface area contributed by atoms with Crippen LogP contribution < -0.4 is 4.31 Å². The highest BCUT2D eigenvalue weighted by molar-refractivity contribution is 9.10. The summed E-state index contributed by atoms with van der Waals surface area (Å²) in [5.41, 5.74) is 1.20. The van der Waals surface area contributed by atoms with E-state index >= 15 is 0 Å². The van der Waals surface area contributed by atoms with Gasteiger partial charge in [-0.05, 0) is 49.2 Å². The SMILES string of the molecule is COC(=O)C1CC(C)N(S(=O)(=O)c2ccc(Br)cc2)c2ccccc21. The van der Waals surface area contributed by atoms with Crippen molar-refractivity contribution in [2.45, 2.75) is 30.2 Å². The normalized spacial score (nSPS) is 20.0. The molecule has 0 N–H and O–H groups in total. The second kappa shape index (κ2) is 6.80. The standard InChI is InChI=1S/C18H18BrNO4S/c1-12-11-16(18(21)24-2)15-5-3-4-6-17(15)20(12)25(22,23)14-9-7-13(19)8-10-14/h3-10,12,16H,11H2,1-2H3. The topological polar surface area (TPSA) is 63.7 Å². The molecule has 0 bridgehead atoms. The van der Waals surface area contributed by atoms with Crippen molar-refractivity contribution in [1.29, 1.82) is 0 Å². The molecule has 7 heteroatoms. The van der Waals surface area contributed by atoms with Gasteiger partial charge in [-0.1, -0.05) is 34.1 Å². The molecule has 2 aromatic rings. The molecule has 0 amide bonds. The lowest BCUT2D eigenvalue weighted by molar-refractivity contribution is -0.142. The van der Waals surface area contributed by atoms with Gasteiger partial charge in [-0.2, -0.15) is 0 Å². The van der Waals surface area contributed by atoms with Crippen molar-refractivity contribution in [3.63, 3.8) is 0 Å². The van der Waals surface area contributed by atoms with Crippen molar-refractivity contribution in [1.82, 2.24) is 0 Å². The zero-order valence-electron chi connectivity index (χ0n) is 13.8. The lowest BCUT2D eigenvalue weighted by Crippen LogP contribution is -2.44. The number of ether oxygens (including phenoxy) is 1. The number of fused-ring (bicyclic) bond motifs is 1. The van der Waals surface area contributed by atoms with Gasteiger partial charge in [-0.15, -0.1) is 0 Å². The summed E-state index contributed by atoms with van der Waals surface area (Å²) in [4.78, 5) is 12.4. The van der Waals surface area contributed by atoms with Crippen LogP contribution in [0.25, 0.3) is 0 Å². The Morgan fingerprint density at radius 3 is 2.44 bits per heavy atom. The number of methoxy groups -OCH3 is 1. The molecule has 1 aliphatic rings. The van der Waals surface area contributed by atoms with E-state index in [9.17, 15) is 13.2 Å². The Balaban J connectivity index is 2.13. The number of sulfonamides is 1. The third-order valence-electron chi connectivity index (χ3n) is 4.38. The minimum Gasteiger partial charge on any atom is -0.469 e. The monoisotopic (exact) mass is 423 g/mol. The Bertz CT molecular complexity index is 896. The van der Waals surface area contributed by atoms with Gasteiger partial charge in [0.2, 0.25) is 0 Å². The van der Waals surface area contributed by atoms with E-state index in [1.54, 1.807) is 48.5 Å². The van der Waals surface area contributed by atoms with Crippen LogP contribution in [0.15, 0.2) is 57.9 Å². The molecule has 5 nitrogen and oxygen atoms in total. The number of esters is 1. The molecule has 0 aromatic heterocycles. The minimum atomic E-state index is -3.74. The van der Waals surface area contributed by atoms with Crippen molar-refractivity contribution in [3.8, 4) is 0 Å². The second-order valence-electron chi connectivity index (χ2n) is 5.97. The number of rotatable bonds is 3. The van der Waals surface area contributed by atoms with E-state index < -0.39 is 15.9 Å². The number of halogens is 1. The number of anilines is 1. The molecular weight excluding hydrogens is 406 g/mol. The van der Waals surface area contributed by atoms with Crippen molar-refractivity contribution in [2.75, 3.05) is 11.4 Å². The summed E-state index contributed by atoms with van der Waals surface area (Å²) in [7, 11) is -2.39. The van der Waals surface area contributed by atoms with Crippen LogP contribution in [0.3, 0.4) is 0 Å². The number of carbonyl (C=O) groups excluding carboxylic acids is 1. The molecule has 3 rings (SSSR count). The fourth-order valence-electron chi connectivity index (χ4n) is 3.24. The molecule has 0 spiro atoms. The quantitative estimate of drug-likeness (QED) is 0.706. The van der Waals surface area contributed by atoms with Crippen molar-refractivity contribution < 1.29 is 17.9 Å². The van der Waals surface area contributed by atoms with Crippen molar-refractivity contribution in [2.24, 2.45) is 0 Å². The second-order valence-corrected chi connectivity index (χ2v) is 8.70. The average Bonchev–Trinajstić information content (AvgIpc) is 2.60. The van der Waals surface area contributed by atoms with Crippen LogP contribution >= 0.6 is 15.9 Å². The summed E-state index contributed by atoms with van der Waals surface area (Å²) in [5, 5.41) is 0. The maximum absolute atomic E-state index is 13.2.